The maximum atomic E-state index is 3.59. The zero-order chi connectivity index (χ0) is 13.1. The number of nitrogens with one attached hydrogen (secondary N) is 1. The number of benzene rings is 1. The zero-order valence-electron chi connectivity index (χ0n) is 11.5. The van der Waals surface area contributed by atoms with Gasteiger partial charge in [-0.05, 0) is 57.0 Å². The quantitative estimate of drug-likeness (QED) is 0.850. The average Bonchev–Trinajstić information content (AvgIpc) is 3.16. The molecule has 100 valence electrons. The van der Waals surface area contributed by atoms with Gasteiger partial charge in [0.2, 0.25) is 0 Å². The second-order valence-electron chi connectivity index (χ2n) is 5.00. The van der Waals surface area contributed by atoms with Gasteiger partial charge in [0, 0.05) is 28.8 Å². The van der Waals surface area contributed by atoms with Crippen molar-refractivity contribution in [3.05, 3.63) is 28.2 Å². The summed E-state index contributed by atoms with van der Waals surface area (Å²) >= 11 is 3.59. The van der Waals surface area contributed by atoms with Crippen molar-refractivity contribution < 1.29 is 0 Å². The lowest BCUT2D eigenvalue weighted by Gasteiger charge is -2.28. The van der Waals surface area contributed by atoms with Crippen LogP contribution in [0.3, 0.4) is 0 Å². The van der Waals surface area contributed by atoms with Gasteiger partial charge in [0.25, 0.3) is 0 Å². The Bertz CT molecular complexity index is 401. The second kappa shape index (κ2) is 6.07. The largest absolute Gasteiger partial charge is 0.369 e. The molecule has 1 aliphatic rings. The van der Waals surface area contributed by atoms with Crippen LogP contribution in [0.5, 0.6) is 0 Å². The summed E-state index contributed by atoms with van der Waals surface area (Å²) < 4.78 is 1.16. The lowest BCUT2D eigenvalue weighted by atomic mass is 10.0. The molecule has 3 heteroatoms. The lowest BCUT2D eigenvalue weighted by Crippen LogP contribution is -2.28. The number of hydrogen-bond acceptors (Lipinski definition) is 2. The first-order valence-corrected chi connectivity index (χ1v) is 7.76. The summed E-state index contributed by atoms with van der Waals surface area (Å²) in [4.78, 5) is 2.55. The molecule has 1 saturated carbocycles. The van der Waals surface area contributed by atoms with Crippen molar-refractivity contribution in [3.8, 4) is 0 Å². The molecule has 18 heavy (non-hydrogen) atoms. The van der Waals surface area contributed by atoms with Crippen molar-refractivity contribution in [2.24, 2.45) is 0 Å². The molecule has 1 aromatic rings. The molecule has 0 heterocycles. The summed E-state index contributed by atoms with van der Waals surface area (Å²) in [7, 11) is 0. The summed E-state index contributed by atoms with van der Waals surface area (Å²) in [6.45, 7) is 8.75. The van der Waals surface area contributed by atoms with Gasteiger partial charge in [-0.25, -0.2) is 0 Å². The van der Waals surface area contributed by atoms with Crippen molar-refractivity contribution >= 4 is 21.6 Å². The van der Waals surface area contributed by atoms with Crippen molar-refractivity contribution in [3.63, 3.8) is 0 Å². The third-order valence-electron chi connectivity index (χ3n) is 3.60. The average molecular weight is 311 g/mol. The Kier molecular flexibility index (Phi) is 4.68. The van der Waals surface area contributed by atoms with Gasteiger partial charge in [-0.3, -0.25) is 0 Å². The summed E-state index contributed by atoms with van der Waals surface area (Å²) in [6, 6.07) is 7.84. The molecule has 2 nitrogen and oxygen atoms in total. The van der Waals surface area contributed by atoms with E-state index in [1.807, 2.05) is 0 Å². The van der Waals surface area contributed by atoms with Gasteiger partial charge in [0.1, 0.15) is 0 Å². The molecule has 1 atom stereocenters. The van der Waals surface area contributed by atoms with E-state index in [9.17, 15) is 0 Å². The standard InChI is InChI=1S/C15H23BrN2/c1-4-17-11(3)14-10-12(16)6-9-15(14)18(5-2)13-7-8-13/h6,9-11,13,17H,4-5,7-8H2,1-3H3. The zero-order valence-corrected chi connectivity index (χ0v) is 13.1. The van der Waals surface area contributed by atoms with E-state index in [0.717, 1.165) is 23.6 Å². The van der Waals surface area contributed by atoms with Gasteiger partial charge < -0.3 is 10.2 Å². The van der Waals surface area contributed by atoms with Gasteiger partial charge in [0.15, 0.2) is 0 Å². The highest BCUT2D eigenvalue weighted by Gasteiger charge is 2.29. The van der Waals surface area contributed by atoms with Crippen LogP contribution in [-0.4, -0.2) is 19.1 Å². The fraction of sp³-hybridized carbons (Fsp3) is 0.600. The van der Waals surface area contributed by atoms with Crippen molar-refractivity contribution in [1.82, 2.24) is 5.32 Å². The van der Waals surface area contributed by atoms with Crippen LogP contribution in [0.2, 0.25) is 0 Å². The van der Waals surface area contributed by atoms with E-state index in [2.05, 4.69) is 65.1 Å². The highest BCUT2D eigenvalue weighted by molar-refractivity contribution is 9.10. The maximum absolute atomic E-state index is 3.59. The smallest absolute Gasteiger partial charge is 0.0417 e. The van der Waals surface area contributed by atoms with Crippen LogP contribution >= 0.6 is 15.9 Å². The van der Waals surface area contributed by atoms with Crippen molar-refractivity contribution in [1.29, 1.82) is 0 Å². The third-order valence-corrected chi connectivity index (χ3v) is 4.10. The fourth-order valence-electron chi connectivity index (χ4n) is 2.56. The minimum atomic E-state index is 0.398. The molecule has 1 N–H and O–H groups in total. The molecule has 0 saturated heterocycles. The van der Waals surface area contributed by atoms with Crippen molar-refractivity contribution in [2.45, 2.75) is 45.7 Å². The molecule has 1 aromatic carbocycles. The van der Waals surface area contributed by atoms with Crippen LogP contribution in [0.4, 0.5) is 5.69 Å². The van der Waals surface area contributed by atoms with Gasteiger partial charge in [-0.1, -0.05) is 22.9 Å². The Balaban J connectivity index is 2.32. The minimum absolute atomic E-state index is 0.398. The molecule has 0 bridgehead atoms. The Morgan fingerprint density at radius 3 is 2.67 bits per heavy atom. The first-order chi connectivity index (χ1) is 8.67. The first-order valence-electron chi connectivity index (χ1n) is 6.96. The van der Waals surface area contributed by atoms with Crippen LogP contribution in [-0.2, 0) is 0 Å². The number of rotatable bonds is 6. The molecule has 0 spiro atoms. The van der Waals surface area contributed by atoms with Crippen LogP contribution in [0, 0.1) is 0 Å². The molecule has 1 unspecified atom stereocenters. The van der Waals surface area contributed by atoms with E-state index in [1.165, 1.54) is 24.1 Å². The molecular formula is C15H23BrN2. The van der Waals surface area contributed by atoms with Gasteiger partial charge >= 0.3 is 0 Å². The van der Waals surface area contributed by atoms with E-state index in [4.69, 9.17) is 0 Å². The Morgan fingerprint density at radius 2 is 2.11 bits per heavy atom. The third kappa shape index (κ3) is 3.07. The maximum Gasteiger partial charge on any atom is 0.0417 e. The molecule has 2 rings (SSSR count). The molecule has 0 aliphatic heterocycles. The number of anilines is 1. The molecule has 1 fully saturated rings. The van der Waals surface area contributed by atoms with Gasteiger partial charge in [-0.15, -0.1) is 0 Å². The van der Waals surface area contributed by atoms with E-state index in [1.54, 1.807) is 0 Å². The van der Waals surface area contributed by atoms with Crippen LogP contribution in [0.25, 0.3) is 0 Å². The summed E-state index contributed by atoms with van der Waals surface area (Å²) in [5, 5.41) is 3.52. The van der Waals surface area contributed by atoms with Gasteiger partial charge in [-0.2, -0.15) is 0 Å². The number of nitrogens with zero attached hydrogens (tertiary/aromatic N) is 1. The number of halogens is 1. The summed E-state index contributed by atoms with van der Waals surface area (Å²) in [6.07, 6.45) is 2.69. The molecule has 0 amide bonds. The first kappa shape index (κ1) is 13.9. The van der Waals surface area contributed by atoms with E-state index in [0.29, 0.717) is 6.04 Å². The van der Waals surface area contributed by atoms with Crippen LogP contribution < -0.4 is 10.2 Å². The number of hydrogen-bond donors (Lipinski definition) is 1. The van der Waals surface area contributed by atoms with Gasteiger partial charge in [0.05, 0.1) is 0 Å². The highest BCUT2D eigenvalue weighted by Crippen LogP contribution is 2.36. The normalized spacial score (nSPS) is 16.7. The highest BCUT2D eigenvalue weighted by atomic mass is 79.9. The molecule has 0 radical (unpaired) electrons. The topological polar surface area (TPSA) is 15.3 Å². The fourth-order valence-corrected chi connectivity index (χ4v) is 2.94. The van der Waals surface area contributed by atoms with E-state index < -0.39 is 0 Å². The Hall–Kier alpha value is -0.540. The lowest BCUT2D eigenvalue weighted by molar-refractivity contribution is 0.595. The predicted molar refractivity (Wildman–Crippen MR) is 82.3 cm³/mol. The van der Waals surface area contributed by atoms with Crippen molar-refractivity contribution in [2.75, 3.05) is 18.0 Å². The molecule has 0 aromatic heterocycles. The minimum Gasteiger partial charge on any atom is -0.369 e. The summed E-state index contributed by atoms with van der Waals surface area (Å²) in [5.74, 6) is 0. The monoisotopic (exact) mass is 310 g/mol. The molecular weight excluding hydrogens is 288 g/mol. The molecule has 1 aliphatic carbocycles. The van der Waals surface area contributed by atoms with E-state index >= 15 is 0 Å². The Morgan fingerprint density at radius 1 is 1.39 bits per heavy atom. The summed E-state index contributed by atoms with van der Waals surface area (Å²) in [5.41, 5.74) is 2.80. The van der Waals surface area contributed by atoms with Crippen LogP contribution in [0.1, 0.15) is 45.2 Å². The SMILES string of the molecule is CCNC(C)c1cc(Br)ccc1N(CC)C1CC1. The second-order valence-corrected chi connectivity index (χ2v) is 5.92. The van der Waals surface area contributed by atoms with Crippen LogP contribution in [0.15, 0.2) is 22.7 Å². The van der Waals surface area contributed by atoms with E-state index in [-0.39, 0.29) is 0 Å². The Labute approximate surface area is 119 Å². The predicted octanol–water partition coefficient (Wildman–Crippen LogP) is 4.11.